The molecule has 0 atom stereocenters. The van der Waals surface area contributed by atoms with Gasteiger partial charge in [0.2, 0.25) is 0 Å². The second-order valence-corrected chi connectivity index (χ2v) is 5.43. The second-order valence-electron chi connectivity index (χ2n) is 5.43. The van der Waals surface area contributed by atoms with E-state index in [0.717, 1.165) is 10.9 Å². The van der Waals surface area contributed by atoms with Gasteiger partial charge in [-0.25, -0.2) is 8.78 Å². The van der Waals surface area contributed by atoms with Crippen molar-refractivity contribution in [3.8, 4) is 0 Å². The molecule has 0 aliphatic rings. The Labute approximate surface area is 127 Å². The smallest absolute Gasteiger partial charge is 0.303 e. The summed E-state index contributed by atoms with van der Waals surface area (Å²) in [4.78, 5) is 22.3. The van der Waals surface area contributed by atoms with E-state index in [0.29, 0.717) is 19.4 Å². The van der Waals surface area contributed by atoms with Crippen LogP contribution in [0.15, 0.2) is 6.20 Å². The number of halogens is 2. The largest absolute Gasteiger partial charge is 0.481 e. The fraction of sp³-hybridized carbons (Fsp3) is 0.643. The van der Waals surface area contributed by atoms with Crippen molar-refractivity contribution in [2.24, 2.45) is 5.92 Å². The molecule has 22 heavy (non-hydrogen) atoms. The lowest BCUT2D eigenvalue weighted by Gasteiger charge is -2.11. The molecule has 0 aromatic carbocycles. The fourth-order valence-electron chi connectivity index (χ4n) is 1.99. The number of aliphatic carboxylic acids is 1. The van der Waals surface area contributed by atoms with E-state index in [2.05, 4.69) is 10.4 Å². The lowest BCUT2D eigenvalue weighted by molar-refractivity contribution is -0.137. The second kappa shape index (κ2) is 8.45. The fourth-order valence-corrected chi connectivity index (χ4v) is 1.99. The van der Waals surface area contributed by atoms with Crippen LogP contribution >= 0.6 is 0 Å². The van der Waals surface area contributed by atoms with E-state index < -0.39 is 18.3 Å². The summed E-state index contributed by atoms with van der Waals surface area (Å²) in [6.07, 6.45) is -0.721. The van der Waals surface area contributed by atoms with Gasteiger partial charge in [-0.15, -0.1) is 0 Å². The highest BCUT2D eigenvalue weighted by Gasteiger charge is 2.24. The number of amides is 1. The first-order valence-electron chi connectivity index (χ1n) is 7.16. The SMILES string of the molecule is CC(C)Cn1ncc(C(=O)NCCCCC(=O)O)c1C(F)F. The predicted octanol–water partition coefficient (Wildman–Crippen LogP) is 2.46. The van der Waals surface area contributed by atoms with Crippen LogP contribution in [0.3, 0.4) is 0 Å². The first kappa shape index (κ1) is 18.1. The van der Waals surface area contributed by atoms with Gasteiger partial charge in [0, 0.05) is 19.5 Å². The van der Waals surface area contributed by atoms with E-state index in [1.54, 1.807) is 0 Å². The molecule has 0 aliphatic carbocycles. The summed E-state index contributed by atoms with van der Waals surface area (Å²) in [5.41, 5.74) is -0.509. The van der Waals surface area contributed by atoms with Crippen molar-refractivity contribution in [3.63, 3.8) is 0 Å². The molecule has 1 heterocycles. The average Bonchev–Trinajstić information content (AvgIpc) is 2.80. The Bertz CT molecular complexity index is 515. The maximum atomic E-state index is 13.2. The molecular formula is C14H21F2N3O3. The van der Waals surface area contributed by atoms with Crippen LogP contribution in [0, 0.1) is 5.92 Å². The first-order valence-corrected chi connectivity index (χ1v) is 7.16. The van der Waals surface area contributed by atoms with Crippen LogP contribution in [0.4, 0.5) is 8.78 Å². The van der Waals surface area contributed by atoms with Gasteiger partial charge < -0.3 is 10.4 Å². The quantitative estimate of drug-likeness (QED) is 0.685. The van der Waals surface area contributed by atoms with Crippen LogP contribution in [-0.4, -0.2) is 33.3 Å². The molecule has 0 saturated heterocycles. The number of rotatable bonds is 9. The third-order valence-electron chi connectivity index (χ3n) is 2.97. The van der Waals surface area contributed by atoms with Crippen molar-refractivity contribution in [3.05, 3.63) is 17.5 Å². The standard InChI is InChI=1S/C14H21F2N3O3/c1-9(2)8-19-12(13(15)16)10(7-18-19)14(22)17-6-4-3-5-11(20)21/h7,9,13H,3-6,8H2,1-2H3,(H,17,22)(H,20,21). The molecule has 0 saturated carbocycles. The molecule has 0 unspecified atom stereocenters. The molecule has 0 bridgehead atoms. The molecule has 0 aliphatic heterocycles. The number of unbranched alkanes of at least 4 members (excludes halogenated alkanes) is 1. The van der Waals surface area contributed by atoms with E-state index in [1.165, 1.54) is 0 Å². The summed E-state index contributed by atoms with van der Waals surface area (Å²) in [5, 5.41) is 14.9. The van der Waals surface area contributed by atoms with Crippen LogP contribution in [0.2, 0.25) is 0 Å². The van der Waals surface area contributed by atoms with Crippen LogP contribution < -0.4 is 5.32 Å². The number of carbonyl (C=O) groups excluding carboxylic acids is 1. The zero-order valence-corrected chi connectivity index (χ0v) is 12.7. The molecule has 8 heteroatoms. The van der Waals surface area contributed by atoms with Gasteiger partial charge in [0.1, 0.15) is 5.69 Å². The van der Waals surface area contributed by atoms with Crippen molar-refractivity contribution in [2.75, 3.05) is 6.54 Å². The van der Waals surface area contributed by atoms with E-state index in [4.69, 9.17) is 5.11 Å². The van der Waals surface area contributed by atoms with Gasteiger partial charge in [-0.05, 0) is 18.8 Å². The Morgan fingerprint density at radius 1 is 1.36 bits per heavy atom. The summed E-state index contributed by atoms with van der Waals surface area (Å²) in [5.74, 6) is -1.38. The molecule has 1 aromatic heterocycles. The van der Waals surface area contributed by atoms with Gasteiger partial charge in [-0.2, -0.15) is 5.10 Å². The summed E-state index contributed by atoms with van der Waals surface area (Å²) < 4.78 is 27.5. The van der Waals surface area contributed by atoms with Crippen molar-refractivity contribution >= 4 is 11.9 Å². The number of alkyl halides is 2. The van der Waals surface area contributed by atoms with E-state index in [-0.39, 0.29) is 30.1 Å². The minimum atomic E-state index is -2.78. The third kappa shape index (κ3) is 5.42. The highest BCUT2D eigenvalue weighted by molar-refractivity contribution is 5.95. The number of carbonyl (C=O) groups is 2. The minimum Gasteiger partial charge on any atom is -0.481 e. The predicted molar refractivity (Wildman–Crippen MR) is 75.8 cm³/mol. The normalized spacial score (nSPS) is 11.2. The zero-order valence-electron chi connectivity index (χ0n) is 12.7. The maximum Gasteiger partial charge on any atom is 0.303 e. The summed E-state index contributed by atoms with van der Waals surface area (Å²) in [7, 11) is 0. The molecule has 124 valence electrons. The van der Waals surface area contributed by atoms with Gasteiger partial charge in [0.05, 0.1) is 11.8 Å². The van der Waals surface area contributed by atoms with Crippen LogP contribution in [0.25, 0.3) is 0 Å². The monoisotopic (exact) mass is 317 g/mol. The van der Waals surface area contributed by atoms with Crippen LogP contribution in [0.5, 0.6) is 0 Å². The Kier molecular flexibility index (Phi) is 6.94. The lowest BCUT2D eigenvalue weighted by Crippen LogP contribution is -2.25. The number of carboxylic acids is 1. The lowest BCUT2D eigenvalue weighted by atomic mass is 10.2. The van der Waals surface area contributed by atoms with Gasteiger partial charge in [0.15, 0.2) is 0 Å². The number of nitrogens with zero attached hydrogens (tertiary/aromatic N) is 2. The van der Waals surface area contributed by atoms with E-state index in [1.807, 2.05) is 13.8 Å². The zero-order chi connectivity index (χ0) is 16.7. The Morgan fingerprint density at radius 3 is 2.59 bits per heavy atom. The molecular weight excluding hydrogens is 296 g/mol. The Morgan fingerprint density at radius 2 is 2.05 bits per heavy atom. The molecule has 1 amide bonds. The summed E-state index contributed by atoms with van der Waals surface area (Å²) >= 11 is 0. The molecule has 1 aromatic rings. The molecule has 0 radical (unpaired) electrons. The highest BCUT2D eigenvalue weighted by atomic mass is 19.3. The molecule has 0 spiro atoms. The van der Waals surface area contributed by atoms with Crippen molar-refractivity contribution in [1.82, 2.24) is 15.1 Å². The number of aromatic nitrogens is 2. The van der Waals surface area contributed by atoms with Gasteiger partial charge in [-0.3, -0.25) is 14.3 Å². The Balaban J connectivity index is 2.64. The van der Waals surface area contributed by atoms with Crippen LogP contribution in [-0.2, 0) is 11.3 Å². The molecule has 1 rings (SSSR count). The number of carboxylic acid groups (broad SMARTS) is 1. The van der Waals surface area contributed by atoms with Crippen molar-refractivity contribution in [2.45, 2.75) is 46.1 Å². The molecule has 6 nitrogen and oxygen atoms in total. The van der Waals surface area contributed by atoms with Crippen molar-refractivity contribution < 1.29 is 23.5 Å². The average molecular weight is 317 g/mol. The topological polar surface area (TPSA) is 84.2 Å². The van der Waals surface area contributed by atoms with Crippen LogP contribution in [0.1, 0.15) is 55.6 Å². The minimum absolute atomic E-state index is 0.0183. The number of hydrogen-bond acceptors (Lipinski definition) is 3. The number of hydrogen-bond donors (Lipinski definition) is 2. The summed E-state index contributed by atoms with van der Waals surface area (Å²) in [6.45, 7) is 4.30. The third-order valence-corrected chi connectivity index (χ3v) is 2.97. The van der Waals surface area contributed by atoms with Gasteiger partial charge >= 0.3 is 5.97 Å². The van der Waals surface area contributed by atoms with Crippen molar-refractivity contribution in [1.29, 1.82) is 0 Å². The molecule has 0 fully saturated rings. The number of nitrogens with one attached hydrogen (secondary N) is 1. The maximum absolute atomic E-state index is 13.2. The van der Waals surface area contributed by atoms with Gasteiger partial charge in [-0.1, -0.05) is 13.8 Å². The van der Waals surface area contributed by atoms with Gasteiger partial charge in [0.25, 0.3) is 12.3 Å². The van der Waals surface area contributed by atoms with E-state index in [9.17, 15) is 18.4 Å². The van der Waals surface area contributed by atoms with E-state index >= 15 is 0 Å². The first-order chi connectivity index (χ1) is 10.3. The molecule has 2 N–H and O–H groups in total. The highest BCUT2D eigenvalue weighted by Crippen LogP contribution is 2.23. The summed E-state index contributed by atoms with van der Waals surface area (Å²) in [6, 6.07) is 0. The Hall–Kier alpha value is -1.99.